The molecule has 0 aliphatic heterocycles. The first-order chi connectivity index (χ1) is 5.70. The van der Waals surface area contributed by atoms with E-state index in [9.17, 15) is 0 Å². The first kappa shape index (κ1) is 12.4. The van der Waals surface area contributed by atoms with Gasteiger partial charge in [-0.3, -0.25) is 0 Å². The smallest absolute Gasteiger partial charge is 0.0600 e. The van der Waals surface area contributed by atoms with Gasteiger partial charge in [-0.2, -0.15) is 0 Å². The van der Waals surface area contributed by atoms with Gasteiger partial charge in [-0.15, -0.1) is 0 Å². The van der Waals surface area contributed by atoms with Crippen molar-refractivity contribution in [2.24, 2.45) is 0 Å². The summed E-state index contributed by atoms with van der Waals surface area (Å²) in [6.45, 7) is 3.47. The van der Waals surface area contributed by atoms with Crippen LogP contribution in [0.1, 0.15) is 0 Å². The topological polar surface area (TPSA) is 21.7 Å². The highest BCUT2D eigenvalue weighted by Gasteiger charge is 2.06. The number of halogens is 1. The van der Waals surface area contributed by atoms with Crippen molar-refractivity contribution < 1.29 is 9.47 Å². The molecule has 0 heterocycles. The van der Waals surface area contributed by atoms with Crippen LogP contribution < -0.4 is 0 Å². The van der Waals surface area contributed by atoms with Gasteiger partial charge in [0.1, 0.15) is 0 Å². The van der Waals surface area contributed by atoms with E-state index in [0.717, 1.165) is 26.3 Å². The molecule has 0 bridgehead atoms. The Bertz CT molecular complexity index is 103. The fraction of sp³-hybridized carbons (Fsp3) is 1.00. The van der Waals surface area contributed by atoms with E-state index in [1.54, 1.807) is 14.2 Å². The van der Waals surface area contributed by atoms with E-state index in [4.69, 9.17) is 9.47 Å². The molecule has 0 aromatic carbocycles. The average molecular weight is 240 g/mol. The van der Waals surface area contributed by atoms with Crippen LogP contribution in [0, 0.1) is 0 Å². The second kappa shape index (κ2) is 7.98. The minimum atomic E-state index is 0.407. The quantitative estimate of drug-likeness (QED) is 0.619. The van der Waals surface area contributed by atoms with Gasteiger partial charge in [-0.25, -0.2) is 0 Å². The lowest BCUT2D eigenvalue weighted by Gasteiger charge is -2.19. The number of methoxy groups -OCH3 is 2. The second-order valence-corrected chi connectivity index (χ2v) is 4.10. The Morgan fingerprint density at radius 1 is 1.33 bits per heavy atom. The molecule has 0 saturated heterocycles. The highest BCUT2D eigenvalue weighted by atomic mass is 79.9. The van der Waals surface area contributed by atoms with Gasteiger partial charge in [0.05, 0.1) is 18.0 Å². The van der Waals surface area contributed by atoms with Crippen molar-refractivity contribution in [2.75, 3.05) is 47.6 Å². The minimum Gasteiger partial charge on any atom is -0.383 e. The van der Waals surface area contributed by atoms with Crippen LogP contribution in [-0.4, -0.2) is 57.3 Å². The Morgan fingerprint density at radius 3 is 2.50 bits per heavy atom. The first-order valence-corrected chi connectivity index (χ1v) is 4.92. The van der Waals surface area contributed by atoms with Gasteiger partial charge < -0.3 is 14.4 Å². The summed E-state index contributed by atoms with van der Waals surface area (Å²) in [7, 11) is 5.50. The molecule has 0 aliphatic carbocycles. The molecule has 0 fully saturated rings. The number of alkyl halides is 1. The average Bonchev–Trinajstić information content (AvgIpc) is 2.01. The maximum absolute atomic E-state index is 5.00. The molecule has 0 radical (unpaired) electrons. The van der Waals surface area contributed by atoms with E-state index in [1.165, 1.54) is 0 Å². The monoisotopic (exact) mass is 239 g/mol. The lowest BCUT2D eigenvalue weighted by atomic mass is 10.4. The van der Waals surface area contributed by atoms with Gasteiger partial charge in [-0.05, 0) is 7.05 Å². The molecule has 0 aromatic rings. The summed E-state index contributed by atoms with van der Waals surface area (Å²) in [4.78, 5) is 2.62. The van der Waals surface area contributed by atoms with E-state index >= 15 is 0 Å². The third-order valence-corrected chi connectivity index (χ3v) is 2.09. The summed E-state index contributed by atoms with van der Waals surface area (Å²) >= 11 is 3.52. The SMILES string of the molecule is COCCN(C)CC(Br)COC. The molecule has 0 aromatic heterocycles. The zero-order chi connectivity index (χ0) is 9.40. The summed E-state index contributed by atoms with van der Waals surface area (Å²) < 4.78 is 9.97. The Morgan fingerprint density at radius 2 is 2.00 bits per heavy atom. The van der Waals surface area contributed by atoms with Crippen molar-refractivity contribution in [3.8, 4) is 0 Å². The Labute approximate surface area is 83.1 Å². The summed E-state index contributed by atoms with van der Waals surface area (Å²) in [5.41, 5.74) is 0. The van der Waals surface area contributed by atoms with Crippen LogP contribution in [0.25, 0.3) is 0 Å². The molecule has 1 atom stereocenters. The maximum Gasteiger partial charge on any atom is 0.0600 e. The number of rotatable bonds is 7. The number of hydrogen-bond donors (Lipinski definition) is 0. The normalized spacial score (nSPS) is 13.8. The van der Waals surface area contributed by atoms with Crippen molar-refractivity contribution in [1.29, 1.82) is 0 Å². The van der Waals surface area contributed by atoms with E-state index in [-0.39, 0.29) is 0 Å². The van der Waals surface area contributed by atoms with Crippen molar-refractivity contribution in [1.82, 2.24) is 4.90 Å². The molecule has 0 rings (SSSR count). The van der Waals surface area contributed by atoms with E-state index in [2.05, 4.69) is 27.9 Å². The van der Waals surface area contributed by atoms with Crippen LogP contribution in [-0.2, 0) is 9.47 Å². The van der Waals surface area contributed by atoms with Crippen molar-refractivity contribution in [3.05, 3.63) is 0 Å². The molecule has 12 heavy (non-hydrogen) atoms. The highest BCUT2D eigenvalue weighted by molar-refractivity contribution is 9.09. The Kier molecular flexibility index (Phi) is 8.22. The van der Waals surface area contributed by atoms with E-state index < -0.39 is 0 Å². The largest absolute Gasteiger partial charge is 0.383 e. The molecule has 0 aliphatic rings. The summed E-state index contributed by atoms with van der Waals surface area (Å²) in [5.74, 6) is 0. The highest BCUT2D eigenvalue weighted by Crippen LogP contribution is 2.01. The molecule has 0 saturated carbocycles. The fourth-order valence-electron chi connectivity index (χ4n) is 0.910. The van der Waals surface area contributed by atoms with Crippen LogP contribution in [0.2, 0.25) is 0 Å². The zero-order valence-corrected chi connectivity index (χ0v) is 9.63. The van der Waals surface area contributed by atoms with Gasteiger partial charge in [0, 0.05) is 27.3 Å². The summed E-state index contributed by atoms with van der Waals surface area (Å²) in [6.07, 6.45) is 0. The number of likely N-dealkylation sites (N-methyl/N-ethyl adjacent to an activating group) is 1. The molecule has 3 nitrogen and oxygen atoms in total. The van der Waals surface area contributed by atoms with Crippen LogP contribution in [0.15, 0.2) is 0 Å². The fourth-order valence-corrected chi connectivity index (χ4v) is 1.67. The van der Waals surface area contributed by atoms with Crippen LogP contribution in [0.4, 0.5) is 0 Å². The molecule has 0 spiro atoms. The van der Waals surface area contributed by atoms with Gasteiger partial charge in [0.15, 0.2) is 0 Å². The third kappa shape index (κ3) is 7.03. The lowest BCUT2D eigenvalue weighted by molar-refractivity contribution is 0.149. The predicted octanol–water partition coefficient (Wildman–Crippen LogP) is 0.975. The van der Waals surface area contributed by atoms with Crippen LogP contribution >= 0.6 is 15.9 Å². The zero-order valence-electron chi connectivity index (χ0n) is 8.05. The molecular formula is C8H18BrNO2. The number of ether oxygens (including phenoxy) is 2. The lowest BCUT2D eigenvalue weighted by Crippen LogP contribution is -2.30. The Hall–Kier alpha value is 0.360. The molecule has 74 valence electrons. The van der Waals surface area contributed by atoms with Crippen molar-refractivity contribution in [2.45, 2.75) is 4.83 Å². The van der Waals surface area contributed by atoms with Gasteiger partial charge in [0.25, 0.3) is 0 Å². The van der Waals surface area contributed by atoms with Gasteiger partial charge in [0.2, 0.25) is 0 Å². The molecule has 4 heteroatoms. The number of hydrogen-bond acceptors (Lipinski definition) is 3. The maximum atomic E-state index is 5.00. The van der Waals surface area contributed by atoms with Crippen molar-refractivity contribution >= 4 is 15.9 Å². The van der Waals surface area contributed by atoms with Crippen LogP contribution in [0.5, 0.6) is 0 Å². The second-order valence-electron chi connectivity index (χ2n) is 2.81. The molecular weight excluding hydrogens is 222 g/mol. The molecule has 0 N–H and O–H groups in total. The van der Waals surface area contributed by atoms with Gasteiger partial charge >= 0.3 is 0 Å². The summed E-state index contributed by atoms with van der Waals surface area (Å²) in [5, 5.41) is 0. The van der Waals surface area contributed by atoms with E-state index in [1.807, 2.05) is 0 Å². The third-order valence-electron chi connectivity index (χ3n) is 1.53. The Balaban J connectivity index is 3.33. The standard InChI is InChI=1S/C8H18BrNO2/c1-10(4-5-11-2)6-8(9)7-12-3/h8H,4-7H2,1-3H3. The molecule has 1 unspecified atom stereocenters. The van der Waals surface area contributed by atoms with Gasteiger partial charge in [-0.1, -0.05) is 15.9 Å². The van der Waals surface area contributed by atoms with E-state index in [0.29, 0.717) is 4.83 Å². The van der Waals surface area contributed by atoms with Crippen molar-refractivity contribution in [3.63, 3.8) is 0 Å². The summed E-state index contributed by atoms with van der Waals surface area (Å²) in [6, 6.07) is 0. The first-order valence-electron chi connectivity index (χ1n) is 4.01. The van der Waals surface area contributed by atoms with Crippen LogP contribution in [0.3, 0.4) is 0 Å². The molecule has 0 amide bonds. The minimum absolute atomic E-state index is 0.407. The number of nitrogens with zero attached hydrogens (tertiary/aromatic N) is 1. The predicted molar refractivity (Wildman–Crippen MR) is 54.0 cm³/mol.